The fraction of sp³-hybridized carbons (Fsp3) is 0.409. The molecule has 0 amide bonds. The quantitative estimate of drug-likeness (QED) is 0.594. The molecule has 0 saturated carbocycles. The molecular weight excluding hydrogens is 334 g/mol. The molecule has 0 aliphatic heterocycles. The van der Waals surface area contributed by atoms with Crippen molar-refractivity contribution in [2.24, 2.45) is 5.92 Å². The molecule has 3 aromatic rings. The Morgan fingerprint density at radius 1 is 1.00 bits per heavy atom. The van der Waals surface area contributed by atoms with E-state index in [1.807, 2.05) is 18.2 Å². The fourth-order valence-corrected chi connectivity index (χ4v) is 3.39. The minimum atomic E-state index is 0.623. The van der Waals surface area contributed by atoms with Gasteiger partial charge >= 0.3 is 0 Å². The van der Waals surface area contributed by atoms with Crippen molar-refractivity contribution in [2.45, 2.75) is 40.2 Å². The Labute approximate surface area is 161 Å². The van der Waals surface area contributed by atoms with Crippen LogP contribution < -0.4 is 0 Å². The third kappa shape index (κ3) is 5.23. The summed E-state index contributed by atoms with van der Waals surface area (Å²) in [4.78, 5) is 2.57. The van der Waals surface area contributed by atoms with E-state index in [-0.39, 0.29) is 0 Å². The average molecular weight is 364 g/mol. The summed E-state index contributed by atoms with van der Waals surface area (Å²) in [7, 11) is 0. The van der Waals surface area contributed by atoms with Crippen LogP contribution in [0, 0.1) is 5.92 Å². The molecule has 1 aromatic heterocycles. The van der Waals surface area contributed by atoms with E-state index in [0.29, 0.717) is 11.7 Å². The van der Waals surface area contributed by atoms with Gasteiger partial charge in [0, 0.05) is 18.7 Å². The van der Waals surface area contributed by atoms with Crippen molar-refractivity contribution in [2.75, 3.05) is 13.1 Å². The molecule has 142 valence electrons. The first kappa shape index (κ1) is 19.2. The zero-order valence-corrected chi connectivity index (χ0v) is 16.5. The van der Waals surface area contributed by atoms with Gasteiger partial charge in [0.25, 0.3) is 0 Å². The van der Waals surface area contributed by atoms with E-state index in [1.54, 1.807) is 0 Å². The molecule has 0 spiro atoms. The zero-order chi connectivity index (χ0) is 19.1. The summed E-state index contributed by atoms with van der Waals surface area (Å²) in [5.74, 6) is 1.31. The van der Waals surface area contributed by atoms with E-state index < -0.39 is 0 Å². The number of tetrazole rings is 1. The van der Waals surface area contributed by atoms with Crippen molar-refractivity contribution in [3.8, 4) is 22.5 Å². The van der Waals surface area contributed by atoms with Crippen molar-refractivity contribution in [1.82, 2.24) is 25.5 Å². The number of hydrogen-bond acceptors (Lipinski definition) is 4. The molecule has 2 aromatic carbocycles. The molecule has 0 fully saturated rings. The molecule has 1 heterocycles. The lowest BCUT2D eigenvalue weighted by molar-refractivity contribution is 0.232. The molecule has 0 aliphatic rings. The number of aromatic amines is 1. The van der Waals surface area contributed by atoms with Gasteiger partial charge in [-0.05, 0) is 40.8 Å². The van der Waals surface area contributed by atoms with E-state index in [2.05, 4.69) is 76.6 Å². The minimum Gasteiger partial charge on any atom is -0.299 e. The molecule has 27 heavy (non-hydrogen) atoms. The number of rotatable bonds is 9. The van der Waals surface area contributed by atoms with Crippen LogP contribution in [-0.4, -0.2) is 38.6 Å². The Morgan fingerprint density at radius 2 is 1.74 bits per heavy atom. The topological polar surface area (TPSA) is 57.7 Å². The van der Waals surface area contributed by atoms with Gasteiger partial charge in [-0.3, -0.25) is 4.90 Å². The maximum absolute atomic E-state index is 4.13. The maximum atomic E-state index is 4.13. The molecule has 0 aliphatic carbocycles. The largest absolute Gasteiger partial charge is 0.299 e. The van der Waals surface area contributed by atoms with E-state index >= 15 is 0 Å². The van der Waals surface area contributed by atoms with Crippen molar-refractivity contribution in [1.29, 1.82) is 0 Å². The van der Waals surface area contributed by atoms with Gasteiger partial charge in [0.2, 0.25) is 5.82 Å². The Morgan fingerprint density at radius 3 is 2.37 bits per heavy atom. The summed E-state index contributed by atoms with van der Waals surface area (Å²) in [6.45, 7) is 10.1. The predicted molar refractivity (Wildman–Crippen MR) is 110 cm³/mol. The van der Waals surface area contributed by atoms with E-state index in [9.17, 15) is 0 Å². The first-order chi connectivity index (χ1) is 13.2. The van der Waals surface area contributed by atoms with Gasteiger partial charge in [0.15, 0.2) is 0 Å². The third-order valence-corrected chi connectivity index (χ3v) is 4.64. The van der Waals surface area contributed by atoms with Crippen molar-refractivity contribution in [3.63, 3.8) is 0 Å². The Bertz CT molecular complexity index is 809. The van der Waals surface area contributed by atoms with Crippen LogP contribution in [0.25, 0.3) is 22.5 Å². The van der Waals surface area contributed by atoms with Gasteiger partial charge in [0.05, 0.1) is 0 Å². The second kappa shape index (κ2) is 9.42. The van der Waals surface area contributed by atoms with E-state index in [4.69, 9.17) is 0 Å². The molecule has 3 rings (SSSR count). The first-order valence-corrected chi connectivity index (χ1v) is 9.82. The predicted octanol–water partition coefficient (Wildman–Crippen LogP) is 4.79. The molecule has 0 bridgehead atoms. The zero-order valence-electron chi connectivity index (χ0n) is 16.5. The smallest absolute Gasteiger partial charge is 0.205 e. The average Bonchev–Trinajstić information content (AvgIpc) is 3.21. The minimum absolute atomic E-state index is 0.623. The van der Waals surface area contributed by atoms with Gasteiger partial charge < -0.3 is 0 Å². The lowest BCUT2D eigenvalue weighted by atomic mass is 9.98. The highest BCUT2D eigenvalue weighted by molar-refractivity contribution is 5.80. The highest BCUT2D eigenvalue weighted by atomic mass is 15.5. The molecule has 5 heteroatoms. The third-order valence-electron chi connectivity index (χ3n) is 4.64. The Hall–Kier alpha value is -2.53. The number of benzene rings is 2. The lowest BCUT2D eigenvalue weighted by Gasteiger charge is -2.24. The summed E-state index contributed by atoms with van der Waals surface area (Å²) in [5, 5.41) is 14.5. The number of hydrogen-bond donors (Lipinski definition) is 1. The second-order valence-electron chi connectivity index (χ2n) is 7.46. The summed E-state index contributed by atoms with van der Waals surface area (Å²) in [6.07, 6.45) is 2.49. The second-order valence-corrected chi connectivity index (χ2v) is 7.46. The number of aromatic nitrogens is 4. The fourth-order valence-electron chi connectivity index (χ4n) is 3.39. The standard InChI is InChI=1S/C22H29N5/c1-4-5-14-27(15-17(2)3)16-18-10-12-19(13-11-18)20-8-6-7-9-21(20)22-23-25-26-24-22/h6-13,17H,4-5,14-16H2,1-3H3,(H,23,24,25,26). The van der Waals surface area contributed by atoms with Crippen LogP contribution in [0.3, 0.4) is 0 Å². The van der Waals surface area contributed by atoms with Gasteiger partial charge in [-0.2, -0.15) is 5.21 Å². The molecule has 0 radical (unpaired) electrons. The van der Waals surface area contributed by atoms with Gasteiger partial charge in [0.1, 0.15) is 0 Å². The normalized spacial score (nSPS) is 11.4. The Balaban J connectivity index is 1.78. The number of nitrogens with one attached hydrogen (secondary N) is 1. The van der Waals surface area contributed by atoms with Crippen LogP contribution in [0.4, 0.5) is 0 Å². The van der Waals surface area contributed by atoms with Crippen LogP contribution in [0.2, 0.25) is 0 Å². The highest BCUT2D eigenvalue weighted by Crippen LogP contribution is 2.29. The molecule has 1 N–H and O–H groups in total. The lowest BCUT2D eigenvalue weighted by Crippen LogP contribution is -2.28. The van der Waals surface area contributed by atoms with Crippen LogP contribution >= 0.6 is 0 Å². The SMILES string of the molecule is CCCCN(Cc1ccc(-c2ccccc2-c2nn[nH]n2)cc1)CC(C)C. The Kier molecular flexibility index (Phi) is 6.71. The molecule has 0 atom stereocenters. The number of unbranched alkanes of at least 4 members (excludes halogenated alkanes) is 1. The van der Waals surface area contributed by atoms with Gasteiger partial charge in [-0.25, -0.2) is 0 Å². The monoisotopic (exact) mass is 363 g/mol. The van der Waals surface area contributed by atoms with Crippen LogP contribution in [0.5, 0.6) is 0 Å². The summed E-state index contributed by atoms with van der Waals surface area (Å²) in [6, 6.07) is 17.0. The van der Waals surface area contributed by atoms with E-state index in [1.165, 1.54) is 24.0 Å². The van der Waals surface area contributed by atoms with Crippen LogP contribution in [0.15, 0.2) is 48.5 Å². The van der Waals surface area contributed by atoms with Crippen molar-refractivity contribution >= 4 is 0 Å². The van der Waals surface area contributed by atoms with Crippen LogP contribution in [-0.2, 0) is 6.54 Å². The van der Waals surface area contributed by atoms with Crippen molar-refractivity contribution < 1.29 is 0 Å². The number of H-pyrrole nitrogens is 1. The van der Waals surface area contributed by atoms with Gasteiger partial charge in [-0.15, -0.1) is 10.2 Å². The summed E-state index contributed by atoms with van der Waals surface area (Å²) >= 11 is 0. The van der Waals surface area contributed by atoms with Gasteiger partial charge in [-0.1, -0.05) is 75.7 Å². The molecular formula is C22H29N5. The molecule has 0 saturated heterocycles. The maximum Gasteiger partial charge on any atom is 0.205 e. The summed E-state index contributed by atoms with van der Waals surface area (Å²) in [5.41, 5.74) is 4.63. The van der Waals surface area contributed by atoms with Crippen molar-refractivity contribution in [3.05, 3.63) is 54.1 Å². The molecule has 5 nitrogen and oxygen atoms in total. The van der Waals surface area contributed by atoms with Crippen LogP contribution in [0.1, 0.15) is 39.2 Å². The first-order valence-electron chi connectivity index (χ1n) is 9.82. The summed E-state index contributed by atoms with van der Waals surface area (Å²) < 4.78 is 0. The van der Waals surface area contributed by atoms with E-state index in [0.717, 1.165) is 30.8 Å². The highest BCUT2D eigenvalue weighted by Gasteiger charge is 2.11. The molecule has 0 unspecified atom stereocenters. The number of nitrogens with zero attached hydrogens (tertiary/aromatic N) is 4.